The average molecular weight is 287 g/mol. The Morgan fingerprint density at radius 3 is 2.42 bits per heavy atom. The zero-order valence-electron chi connectivity index (χ0n) is 11.5. The summed E-state index contributed by atoms with van der Waals surface area (Å²) in [6.45, 7) is 3.68. The lowest BCUT2D eigenvalue weighted by Gasteiger charge is -2.26. The van der Waals surface area contributed by atoms with Gasteiger partial charge in [-0.2, -0.15) is 0 Å². The molecule has 0 bridgehead atoms. The molecule has 1 rings (SSSR count). The van der Waals surface area contributed by atoms with Gasteiger partial charge in [-0.25, -0.2) is 0 Å². The second-order valence-electron chi connectivity index (χ2n) is 4.59. The van der Waals surface area contributed by atoms with E-state index in [1.807, 2.05) is 13.8 Å². The normalized spacial score (nSPS) is 14.1. The number of ether oxygens (including phenoxy) is 2. The van der Waals surface area contributed by atoms with Gasteiger partial charge in [0.25, 0.3) is 0 Å². The molecule has 1 N–H and O–H groups in total. The molecule has 0 heterocycles. The summed E-state index contributed by atoms with van der Waals surface area (Å²) in [6, 6.07) is 5.07. The van der Waals surface area contributed by atoms with Crippen molar-refractivity contribution < 1.29 is 19.4 Å². The van der Waals surface area contributed by atoms with Gasteiger partial charge in [0.2, 0.25) is 0 Å². The van der Waals surface area contributed by atoms with Gasteiger partial charge in [0.05, 0.1) is 31.3 Å². The predicted molar refractivity (Wildman–Crippen MR) is 73.3 cm³/mol. The highest BCUT2D eigenvalue weighted by molar-refractivity contribution is 6.31. The molecule has 0 aliphatic heterocycles. The van der Waals surface area contributed by atoms with Crippen LogP contribution in [0.25, 0.3) is 0 Å². The fourth-order valence-corrected chi connectivity index (χ4v) is 2.34. The molecular weight excluding hydrogens is 268 g/mol. The first-order valence-electron chi connectivity index (χ1n) is 6.02. The summed E-state index contributed by atoms with van der Waals surface area (Å²) < 4.78 is 9.94. The van der Waals surface area contributed by atoms with Crippen LogP contribution in [0.15, 0.2) is 18.2 Å². The molecule has 19 heavy (non-hydrogen) atoms. The van der Waals surface area contributed by atoms with Crippen molar-refractivity contribution in [3.8, 4) is 5.75 Å². The molecule has 0 fully saturated rings. The molecule has 2 atom stereocenters. The van der Waals surface area contributed by atoms with Crippen molar-refractivity contribution in [2.45, 2.75) is 20.0 Å². The van der Waals surface area contributed by atoms with E-state index in [0.29, 0.717) is 16.3 Å². The zero-order valence-corrected chi connectivity index (χ0v) is 12.3. The third-order valence-electron chi connectivity index (χ3n) is 3.06. The van der Waals surface area contributed by atoms with Crippen LogP contribution in [0.1, 0.15) is 25.5 Å². The van der Waals surface area contributed by atoms with E-state index in [2.05, 4.69) is 0 Å². The molecule has 0 aromatic heterocycles. The van der Waals surface area contributed by atoms with Crippen LogP contribution >= 0.6 is 11.6 Å². The molecule has 1 aromatic rings. The van der Waals surface area contributed by atoms with Gasteiger partial charge in [-0.1, -0.05) is 31.5 Å². The van der Waals surface area contributed by atoms with Gasteiger partial charge < -0.3 is 14.6 Å². The van der Waals surface area contributed by atoms with E-state index < -0.39 is 18.0 Å². The Morgan fingerprint density at radius 2 is 1.95 bits per heavy atom. The van der Waals surface area contributed by atoms with E-state index >= 15 is 0 Å². The lowest BCUT2D eigenvalue weighted by atomic mass is 9.86. The Kier molecular flexibility index (Phi) is 5.63. The molecule has 0 radical (unpaired) electrons. The summed E-state index contributed by atoms with van der Waals surface area (Å²) in [6.07, 6.45) is -1.07. The first-order valence-corrected chi connectivity index (χ1v) is 6.40. The van der Waals surface area contributed by atoms with E-state index in [4.69, 9.17) is 21.1 Å². The minimum absolute atomic E-state index is 0.0940. The van der Waals surface area contributed by atoms with Crippen molar-refractivity contribution in [1.29, 1.82) is 0 Å². The number of halogens is 1. The minimum Gasteiger partial charge on any atom is -0.496 e. The van der Waals surface area contributed by atoms with Crippen LogP contribution in [0.4, 0.5) is 0 Å². The second kappa shape index (κ2) is 6.78. The van der Waals surface area contributed by atoms with Crippen LogP contribution in [0, 0.1) is 11.8 Å². The molecule has 106 valence electrons. The van der Waals surface area contributed by atoms with Gasteiger partial charge in [0.15, 0.2) is 0 Å². The van der Waals surface area contributed by atoms with Crippen LogP contribution in [0.5, 0.6) is 5.75 Å². The predicted octanol–water partition coefficient (Wildman–Crippen LogP) is 2.83. The molecule has 2 unspecified atom stereocenters. The first-order chi connectivity index (χ1) is 8.93. The molecule has 0 aliphatic rings. The summed E-state index contributed by atoms with van der Waals surface area (Å²) in [4.78, 5) is 11.8. The molecule has 4 nitrogen and oxygen atoms in total. The summed E-state index contributed by atoms with van der Waals surface area (Å²) in [5, 5.41) is 10.8. The van der Waals surface area contributed by atoms with Crippen molar-refractivity contribution in [3.05, 3.63) is 28.8 Å². The summed E-state index contributed by atoms with van der Waals surface area (Å²) in [5.74, 6) is -0.804. The molecule has 0 saturated heterocycles. The molecule has 1 aromatic carbocycles. The fraction of sp³-hybridized carbons (Fsp3) is 0.500. The Labute approximate surface area is 118 Å². The highest BCUT2D eigenvalue weighted by Gasteiger charge is 2.34. The number of esters is 1. The lowest BCUT2D eigenvalue weighted by Crippen LogP contribution is -2.28. The van der Waals surface area contributed by atoms with Gasteiger partial charge in [0, 0.05) is 5.56 Å². The molecular formula is C14H19ClO4. The van der Waals surface area contributed by atoms with Crippen LogP contribution in [0.2, 0.25) is 5.02 Å². The lowest BCUT2D eigenvalue weighted by molar-refractivity contribution is -0.152. The van der Waals surface area contributed by atoms with E-state index in [1.54, 1.807) is 18.2 Å². The van der Waals surface area contributed by atoms with E-state index in [1.165, 1.54) is 14.2 Å². The SMILES string of the molecule is COC(=O)C(C(C)C)C(O)c1c(Cl)cccc1OC. The summed E-state index contributed by atoms with van der Waals surface area (Å²) in [7, 11) is 2.79. The average Bonchev–Trinajstić information content (AvgIpc) is 2.37. The monoisotopic (exact) mass is 286 g/mol. The largest absolute Gasteiger partial charge is 0.496 e. The third-order valence-corrected chi connectivity index (χ3v) is 3.39. The number of benzene rings is 1. The van der Waals surface area contributed by atoms with Gasteiger partial charge in [-0.3, -0.25) is 4.79 Å². The summed E-state index contributed by atoms with van der Waals surface area (Å²) in [5.41, 5.74) is 0.413. The number of aliphatic hydroxyl groups excluding tert-OH is 1. The molecule has 0 spiro atoms. The Hall–Kier alpha value is -1.26. The highest BCUT2D eigenvalue weighted by Crippen LogP contribution is 2.38. The second-order valence-corrected chi connectivity index (χ2v) is 5.00. The quantitative estimate of drug-likeness (QED) is 0.846. The number of rotatable bonds is 5. The smallest absolute Gasteiger partial charge is 0.311 e. The van der Waals surface area contributed by atoms with Crippen LogP contribution in [0.3, 0.4) is 0 Å². The van der Waals surface area contributed by atoms with Crippen molar-refractivity contribution in [2.24, 2.45) is 11.8 Å². The topological polar surface area (TPSA) is 55.8 Å². The van der Waals surface area contributed by atoms with Crippen LogP contribution < -0.4 is 4.74 Å². The molecule has 5 heteroatoms. The fourth-order valence-electron chi connectivity index (χ4n) is 2.06. The van der Waals surface area contributed by atoms with Crippen LogP contribution in [-0.4, -0.2) is 25.3 Å². The van der Waals surface area contributed by atoms with Gasteiger partial charge in [0.1, 0.15) is 5.75 Å². The third kappa shape index (κ3) is 3.39. The van der Waals surface area contributed by atoms with Crippen molar-refractivity contribution in [3.63, 3.8) is 0 Å². The Bertz CT molecular complexity index is 445. The van der Waals surface area contributed by atoms with Crippen molar-refractivity contribution in [1.82, 2.24) is 0 Å². The standard InChI is InChI=1S/C14H19ClO4/c1-8(2)11(14(17)19-4)13(16)12-9(15)6-5-7-10(12)18-3/h5-8,11,13,16H,1-4H3. The first kappa shape index (κ1) is 15.8. The number of hydrogen-bond donors (Lipinski definition) is 1. The number of methoxy groups -OCH3 is 2. The van der Waals surface area contributed by atoms with Crippen molar-refractivity contribution in [2.75, 3.05) is 14.2 Å². The molecule has 0 amide bonds. The van der Waals surface area contributed by atoms with Gasteiger partial charge in [-0.05, 0) is 18.1 Å². The Balaban J connectivity index is 3.23. The van der Waals surface area contributed by atoms with Crippen molar-refractivity contribution >= 4 is 17.6 Å². The Morgan fingerprint density at radius 1 is 1.32 bits per heavy atom. The summed E-state index contributed by atoms with van der Waals surface area (Å²) >= 11 is 6.11. The maximum Gasteiger partial charge on any atom is 0.311 e. The van der Waals surface area contributed by atoms with E-state index in [0.717, 1.165) is 0 Å². The van der Waals surface area contributed by atoms with E-state index in [9.17, 15) is 9.90 Å². The zero-order chi connectivity index (χ0) is 14.6. The number of carbonyl (C=O) groups excluding carboxylic acids is 1. The van der Waals surface area contributed by atoms with Crippen LogP contribution in [-0.2, 0) is 9.53 Å². The van der Waals surface area contributed by atoms with E-state index in [-0.39, 0.29) is 5.92 Å². The molecule has 0 saturated carbocycles. The minimum atomic E-state index is -1.07. The maximum atomic E-state index is 11.8. The number of carbonyl (C=O) groups is 1. The highest BCUT2D eigenvalue weighted by atomic mass is 35.5. The number of hydrogen-bond acceptors (Lipinski definition) is 4. The van der Waals surface area contributed by atoms with Gasteiger partial charge in [-0.15, -0.1) is 0 Å². The maximum absolute atomic E-state index is 11.8. The van der Waals surface area contributed by atoms with Gasteiger partial charge >= 0.3 is 5.97 Å². The molecule has 0 aliphatic carbocycles. The number of aliphatic hydroxyl groups is 1.